The Morgan fingerprint density at radius 2 is 1.95 bits per heavy atom. The van der Waals surface area contributed by atoms with Gasteiger partial charge in [-0.1, -0.05) is 19.8 Å². The van der Waals surface area contributed by atoms with Gasteiger partial charge in [-0.25, -0.2) is 0 Å². The molecule has 1 saturated carbocycles. The molecule has 3 aliphatic rings. The maximum atomic E-state index is 12.5. The molecule has 0 radical (unpaired) electrons. The van der Waals surface area contributed by atoms with E-state index >= 15 is 0 Å². The third kappa shape index (κ3) is 4.02. The minimum absolute atomic E-state index is 0.178. The van der Waals surface area contributed by atoms with E-state index in [4.69, 9.17) is 4.74 Å². The zero-order valence-corrected chi connectivity index (χ0v) is 14.1. The lowest BCUT2D eigenvalue weighted by atomic mass is 9.85. The van der Waals surface area contributed by atoms with Crippen LogP contribution in [0.2, 0.25) is 0 Å². The largest absolute Gasteiger partial charge is 0.381 e. The van der Waals surface area contributed by atoms with Crippen molar-refractivity contribution in [3.63, 3.8) is 0 Å². The quantitative estimate of drug-likeness (QED) is 0.819. The number of hydrogen-bond acceptors (Lipinski definition) is 3. The molecule has 1 amide bonds. The van der Waals surface area contributed by atoms with Crippen LogP contribution in [0, 0.1) is 17.8 Å². The smallest absolute Gasteiger partial charge is 0.223 e. The van der Waals surface area contributed by atoms with Crippen LogP contribution < -0.4 is 5.32 Å². The lowest BCUT2D eigenvalue weighted by molar-refractivity contribution is -0.128. The molecule has 0 aromatic carbocycles. The molecular weight excluding hydrogens is 276 g/mol. The number of carbonyl (C=O) groups excluding carboxylic acids is 1. The van der Waals surface area contributed by atoms with Gasteiger partial charge in [0.1, 0.15) is 0 Å². The fraction of sp³-hybridized carbons (Fsp3) is 0.944. The zero-order valence-electron chi connectivity index (χ0n) is 14.1. The van der Waals surface area contributed by atoms with E-state index < -0.39 is 0 Å². The molecule has 0 bridgehead atoms. The topological polar surface area (TPSA) is 41.6 Å². The van der Waals surface area contributed by atoms with Crippen molar-refractivity contribution < 1.29 is 9.53 Å². The zero-order chi connectivity index (χ0) is 15.4. The second-order valence-electron chi connectivity index (χ2n) is 7.57. The van der Waals surface area contributed by atoms with Crippen LogP contribution in [0.5, 0.6) is 0 Å². The van der Waals surface area contributed by atoms with E-state index in [1.807, 2.05) is 0 Å². The van der Waals surface area contributed by atoms with Crippen molar-refractivity contribution in [2.45, 2.75) is 57.9 Å². The monoisotopic (exact) mass is 308 g/mol. The van der Waals surface area contributed by atoms with Gasteiger partial charge in [0, 0.05) is 44.8 Å². The number of nitrogens with one attached hydrogen (secondary N) is 1. The number of ether oxygens (including phenoxy) is 1. The van der Waals surface area contributed by atoms with Crippen molar-refractivity contribution in [2.24, 2.45) is 17.8 Å². The summed E-state index contributed by atoms with van der Waals surface area (Å²) in [7, 11) is 0. The molecule has 22 heavy (non-hydrogen) atoms. The van der Waals surface area contributed by atoms with Gasteiger partial charge in [0.15, 0.2) is 0 Å². The van der Waals surface area contributed by atoms with Gasteiger partial charge in [0.05, 0.1) is 0 Å². The summed E-state index contributed by atoms with van der Waals surface area (Å²) in [4.78, 5) is 15.1. The van der Waals surface area contributed by atoms with Crippen LogP contribution in [-0.2, 0) is 9.53 Å². The highest BCUT2D eigenvalue weighted by atomic mass is 16.5. The van der Waals surface area contributed by atoms with Crippen molar-refractivity contribution >= 4 is 5.91 Å². The number of likely N-dealkylation sites (tertiary alicyclic amines) is 1. The molecule has 4 heteroatoms. The molecule has 0 aromatic rings. The number of nitrogens with zero attached hydrogens (tertiary/aromatic N) is 1. The molecule has 2 atom stereocenters. The minimum Gasteiger partial charge on any atom is -0.381 e. The van der Waals surface area contributed by atoms with Gasteiger partial charge in [0.25, 0.3) is 0 Å². The van der Waals surface area contributed by atoms with Crippen LogP contribution in [0.3, 0.4) is 0 Å². The molecule has 1 N–H and O–H groups in total. The second kappa shape index (κ2) is 7.78. The molecule has 0 spiro atoms. The van der Waals surface area contributed by atoms with E-state index in [9.17, 15) is 4.79 Å². The van der Waals surface area contributed by atoms with E-state index in [2.05, 4.69) is 17.1 Å². The molecule has 2 saturated heterocycles. The maximum Gasteiger partial charge on any atom is 0.223 e. The number of rotatable bonds is 6. The average Bonchev–Trinajstić information content (AvgIpc) is 2.86. The molecule has 3 rings (SSSR count). The molecule has 0 unspecified atom stereocenters. The molecule has 126 valence electrons. The number of carbonyl (C=O) groups is 1. The maximum absolute atomic E-state index is 12.5. The van der Waals surface area contributed by atoms with Gasteiger partial charge in [-0.15, -0.1) is 0 Å². The molecular formula is C18H32N2O2. The van der Waals surface area contributed by atoms with E-state index in [1.54, 1.807) is 0 Å². The number of hydrogen-bond donors (Lipinski definition) is 1. The first-order valence-corrected chi connectivity index (χ1v) is 9.36. The summed E-state index contributed by atoms with van der Waals surface area (Å²) < 4.78 is 5.37. The van der Waals surface area contributed by atoms with E-state index in [1.165, 1.54) is 45.2 Å². The molecule has 2 heterocycles. The van der Waals surface area contributed by atoms with E-state index in [0.717, 1.165) is 38.5 Å². The predicted molar refractivity (Wildman–Crippen MR) is 87.7 cm³/mol. The minimum atomic E-state index is 0.178. The summed E-state index contributed by atoms with van der Waals surface area (Å²) in [5, 5.41) is 3.39. The number of amides is 1. The molecule has 0 aromatic heterocycles. The SMILES string of the molecule is CCC[C@@H]1CN(CC2CCC2)C[C@H]1NC(=O)C1CCOCC1. The predicted octanol–water partition coefficient (Wildman–Crippen LogP) is 2.43. The fourth-order valence-corrected chi connectivity index (χ4v) is 4.24. The lowest BCUT2D eigenvalue weighted by Gasteiger charge is -2.30. The van der Waals surface area contributed by atoms with Crippen LogP contribution in [0.25, 0.3) is 0 Å². The Labute approximate surface area is 135 Å². The highest BCUT2D eigenvalue weighted by Gasteiger charge is 2.36. The Morgan fingerprint density at radius 1 is 1.18 bits per heavy atom. The van der Waals surface area contributed by atoms with Crippen LogP contribution in [0.1, 0.15) is 51.9 Å². The van der Waals surface area contributed by atoms with Gasteiger partial charge in [0.2, 0.25) is 5.91 Å². The van der Waals surface area contributed by atoms with Crippen LogP contribution in [0.15, 0.2) is 0 Å². The third-order valence-corrected chi connectivity index (χ3v) is 5.84. The Morgan fingerprint density at radius 3 is 2.59 bits per heavy atom. The second-order valence-corrected chi connectivity index (χ2v) is 7.57. The van der Waals surface area contributed by atoms with Crippen molar-refractivity contribution in [1.29, 1.82) is 0 Å². The first-order valence-electron chi connectivity index (χ1n) is 9.36. The highest BCUT2D eigenvalue weighted by Crippen LogP contribution is 2.30. The molecule has 3 fully saturated rings. The van der Waals surface area contributed by atoms with Crippen LogP contribution >= 0.6 is 0 Å². The molecule has 4 nitrogen and oxygen atoms in total. The fourth-order valence-electron chi connectivity index (χ4n) is 4.24. The van der Waals surface area contributed by atoms with Crippen LogP contribution in [-0.4, -0.2) is 49.7 Å². The highest BCUT2D eigenvalue weighted by molar-refractivity contribution is 5.79. The Kier molecular flexibility index (Phi) is 5.75. The Hall–Kier alpha value is -0.610. The Balaban J connectivity index is 1.51. The summed E-state index contributed by atoms with van der Waals surface area (Å²) in [5.41, 5.74) is 0. The Bertz CT molecular complexity index is 364. The summed E-state index contributed by atoms with van der Waals surface area (Å²) in [5.74, 6) is 2.03. The van der Waals surface area contributed by atoms with Gasteiger partial charge >= 0.3 is 0 Å². The molecule has 1 aliphatic carbocycles. The summed E-state index contributed by atoms with van der Waals surface area (Å²) in [6.45, 7) is 7.25. The first kappa shape index (κ1) is 16.3. The van der Waals surface area contributed by atoms with Crippen LogP contribution in [0.4, 0.5) is 0 Å². The van der Waals surface area contributed by atoms with Gasteiger partial charge in [-0.05, 0) is 43.9 Å². The van der Waals surface area contributed by atoms with Crippen molar-refractivity contribution in [1.82, 2.24) is 10.2 Å². The molecule has 2 aliphatic heterocycles. The first-order chi connectivity index (χ1) is 10.8. The lowest BCUT2D eigenvalue weighted by Crippen LogP contribution is -2.44. The normalized spacial score (nSPS) is 31.1. The van der Waals surface area contributed by atoms with E-state index in [0.29, 0.717) is 12.0 Å². The van der Waals surface area contributed by atoms with E-state index in [-0.39, 0.29) is 11.8 Å². The van der Waals surface area contributed by atoms with Crippen molar-refractivity contribution in [3.05, 3.63) is 0 Å². The third-order valence-electron chi connectivity index (χ3n) is 5.84. The summed E-state index contributed by atoms with van der Waals surface area (Å²) in [6, 6.07) is 0.371. The standard InChI is InChI=1S/C18H32N2O2/c1-2-4-16-12-20(11-14-5-3-6-14)13-17(16)19-18(21)15-7-9-22-10-8-15/h14-17H,2-13H2,1H3,(H,19,21)/t16-,17-/m1/s1. The van der Waals surface area contributed by atoms with Gasteiger partial charge < -0.3 is 15.0 Å². The summed E-state index contributed by atoms with van der Waals surface area (Å²) in [6.07, 6.45) is 8.47. The van der Waals surface area contributed by atoms with Crippen molar-refractivity contribution in [2.75, 3.05) is 32.8 Å². The van der Waals surface area contributed by atoms with Crippen molar-refractivity contribution in [3.8, 4) is 0 Å². The van der Waals surface area contributed by atoms with Gasteiger partial charge in [-0.3, -0.25) is 4.79 Å². The van der Waals surface area contributed by atoms with Gasteiger partial charge in [-0.2, -0.15) is 0 Å². The average molecular weight is 308 g/mol. The summed E-state index contributed by atoms with van der Waals surface area (Å²) >= 11 is 0.